The number of aromatic amines is 1. The first-order chi connectivity index (χ1) is 16.6. The van der Waals surface area contributed by atoms with Crippen LogP contribution in [-0.4, -0.2) is 47.9 Å². The number of fused-ring (bicyclic) bond motifs is 1. The van der Waals surface area contributed by atoms with E-state index >= 15 is 0 Å². The fraction of sp³-hybridized carbons (Fsp3) is 0.407. The van der Waals surface area contributed by atoms with Gasteiger partial charge >= 0.3 is 0 Å². The summed E-state index contributed by atoms with van der Waals surface area (Å²) in [6, 6.07) is 13.5. The molecule has 1 aromatic heterocycles. The molecule has 0 spiro atoms. The van der Waals surface area contributed by atoms with Gasteiger partial charge in [0.1, 0.15) is 11.4 Å². The summed E-state index contributed by atoms with van der Waals surface area (Å²) in [6.07, 6.45) is 2.91. The topological polar surface area (TPSA) is 76.7 Å². The molecule has 2 aromatic carbocycles. The molecule has 0 fully saturated rings. The first-order valence-corrected chi connectivity index (χ1v) is 12.1. The van der Waals surface area contributed by atoms with E-state index in [-0.39, 0.29) is 11.9 Å². The Kier molecular flexibility index (Phi) is 7.40. The van der Waals surface area contributed by atoms with E-state index in [4.69, 9.17) is 14.2 Å². The smallest absolute Gasteiger partial charge is 0.273 e. The first kappa shape index (κ1) is 23.7. The van der Waals surface area contributed by atoms with Crippen molar-refractivity contribution in [2.45, 2.75) is 46.1 Å². The molecule has 0 saturated heterocycles. The third kappa shape index (κ3) is 4.47. The zero-order chi connectivity index (χ0) is 24.1. The Morgan fingerprint density at radius 3 is 2.47 bits per heavy atom. The Morgan fingerprint density at radius 1 is 1.00 bits per heavy atom. The van der Waals surface area contributed by atoms with Crippen LogP contribution in [0.3, 0.4) is 0 Å². The van der Waals surface area contributed by atoms with Crippen LogP contribution in [-0.2, 0) is 0 Å². The molecule has 0 bridgehead atoms. The fourth-order valence-electron chi connectivity index (χ4n) is 4.39. The van der Waals surface area contributed by atoms with Crippen LogP contribution in [0.2, 0.25) is 0 Å². The maximum absolute atomic E-state index is 13.3. The number of hydrogen-bond donors (Lipinski definition) is 1. The molecule has 34 heavy (non-hydrogen) atoms. The van der Waals surface area contributed by atoms with Crippen molar-refractivity contribution in [1.29, 1.82) is 0 Å². The zero-order valence-corrected chi connectivity index (χ0v) is 20.4. The largest absolute Gasteiger partial charge is 0.497 e. The fourth-order valence-corrected chi connectivity index (χ4v) is 4.39. The summed E-state index contributed by atoms with van der Waals surface area (Å²) >= 11 is 0. The van der Waals surface area contributed by atoms with Gasteiger partial charge in [-0.05, 0) is 61.7 Å². The van der Waals surface area contributed by atoms with E-state index in [0.29, 0.717) is 31.2 Å². The summed E-state index contributed by atoms with van der Waals surface area (Å²) in [7, 11) is 1.64. The first-order valence-electron chi connectivity index (χ1n) is 12.1. The minimum Gasteiger partial charge on any atom is -0.497 e. The second-order valence-electron chi connectivity index (χ2n) is 8.33. The summed E-state index contributed by atoms with van der Waals surface area (Å²) in [5, 5.41) is 7.55. The summed E-state index contributed by atoms with van der Waals surface area (Å²) in [4.78, 5) is 15.3. The van der Waals surface area contributed by atoms with Gasteiger partial charge in [0, 0.05) is 17.7 Å². The highest BCUT2D eigenvalue weighted by atomic mass is 16.5. The molecule has 0 radical (unpaired) electrons. The predicted molar refractivity (Wildman–Crippen MR) is 132 cm³/mol. The van der Waals surface area contributed by atoms with Crippen LogP contribution >= 0.6 is 0 Å². The number of carbonyl (C=O) groups is 1. The van der Waals surface area contributed by atoms with Gasteiger partial charge in [0.05, 0.1) is 32.1 Å². The van der Waals surface area contributed by atoms with Gasteiger partial charge in [-0.3, -0.25) is 9.89 Å². The normalized spacial score (nSPS) is 14.9. The van der Waals surface area contributed by atoms with Gasteiger partial charge in [-0.15, -0.1) is 0 Å². The predicted octanol–water partition coefficient (Wildman–Crippen LogP) is 5.62. The minimum absolute atomic E-state index is 0.0321. The van der Waals surface area contributed by atoms with Crippen molar-refractivity contribution >= 4 is 5.91 Å². The summed E-state index contributed by atoms with van der Waals surface area (Å²) < 4.78 is 17.2. The number of nitrogens with zero attached hydrogens (tertiary/aromatic N) is 2. The van der Waals surface area contributed by atoms with E-state index in [0.717, 1.165) is 53.1 Å². The van der Waals surface area contributed by atoms with Gasteiger partial charge < -0.3 is 19.1 Å². The second kappa shape index (κ2) is 10.6. The van der Waals surface area contributed by atoms with Gasteiger partial charge in [-0.1, -0.05) is 26.3 Å². The Labute approximate surface area is 201 Å². The Hall–Kier alpha value is -3.48. The maximum Gasteiger partial charge on any atom is 0.273 e. The molecule has 1 amide bonds. The lowest BCUT2D eigenvalue weighted by atomic mass is 9.95. The van der Waals surface area contributed by atoms with Crippen LogP contribution in [0.5, 0.6) is 17.2 Å². The number of nitrogens with one attached hydrogen (secondary N) is 1. The number of benzene rings is 2. The number of aromatic nitrogens is 2. The molecule has 1 aliphatic heterocycles. The lowest BCUT2D eigenvalue weighted by Gasteiger charge is -2.26. The quantitative estimate of drug-likeness (QED) is 0.374. The average molecular weight is 464 g/mol. The van der Waals surface area contributed by atoms with Gasteiger partial charge in [-0.25, -0.2) is 0 Å². The zero-order valence-electron chi connectivity index (χ0n) is 20.4. The minimum atomic E-state index is -0.262. The van der Waals surface area contributed by atoms with E-state index in [1.54, 1.807) is 7.11 Å². The standard InChI is InChI=1S/C27H33N3O4/c1-5-8-16-34-21-14-11-19(17-22(21)33-7-3)26-23-24(18-9-12-20(32-4)13-10-18)28-29-25(23)27(31)30(26)15-6-2/h9-14,17,26H,5-8,15-16H2,1-4H3,(H,28,29). The van der Waals surface area contributed by atoms with Crippen LogP contribution in [0.1, 0.15) is 67.7 Å². The molecule has 2 heterocycles. The van der Waals surface area contributed by atoms with Gasteiger partial charge in [-0.2, -0.15) is 5.10 Å². The molecule has 1 N–H and O–H groups in total. The van der Waals surface area contributed by atoms with Crippen LogP contribution < -0.4 is 14.2 Å². The molecule has 7 heteroatoms. The van der Waals surface area contributed by atoms with Crippen molar-refractivity contribution in [3.63, 3.8) is 0 Å². The number of unbranched alkanes of at least 4 members (excludes halogenated alkanes) is 1. The number of hydrogen-bond acceptors (Lipinski definition) is 5. The summed E-state index contributed by atoms with van der Waals surface area (Å²) in [6.45, 7) is 8.00. The molecule has 4 rings (SSSR count). The van der Waals surface area contributed by atoms with Crippen molar-refractivity contribution in [2.24, 2.45) is 0 Å². The summed E-state index contributed by atoms with van der Waals surface area (Å²) in [5.41, 5.74) is 4.12. The summed E-state index contributed by atoms with van der Waals surface area (Å²) in [5.74, 6) is 2.17. The highest BCUT2D eigenvalue weighted by Gasteiger charge is 2.42. The molecule has 180 valence electrons. The van der Waals surface area contributed by atoms with Gasteiger partial charge in [0.15, 0.2) is 11.5 Å². The number of amides is 1. The third-order valence-corrected chi connectivity index (χ3v) is 6.03. The van der Waals surface area contributed by atoms with Crippen LogP contribution in [0.25, 0.3) is 11.3 Å². The highest BCUT2D eigenvalue weighted by Crippen LogP contribution is 2.44. The number of carbonyl (C=O) groups excluding carboxylic acids is 1. The van der Waals surface area contributed by atoms with E-state index < -0.39 is 0 Å². The molecule has 1 aliphatic rings. The molecule has 3 aromatic rings. The lowest BCUT2D eigenvalue weighted by molar-refractivity contribution is 0.0743. The Balaban J connectivity index is 1.78. The van der Waals surface area contributed by atoms with Crippen molar-refractivity contribution < 1.29 is 19.0 Å². The van der Waals surface area contributed by atoms with Crippen molar-refractivity contribution in [3.05, 3.63) is 59.3 Å². The Bertz CT molecular complexity index is 1120. The monoisotopic (exact) mass is 463 g/mol. The third-order valence-electron chi connectivity index (χ3n) is 6.03. The van der Waals surface area contributed by atoms with Crippen molar-refractivity contribution in [2.75, 3.05) is 26.9 Å². The molecule has 7 nitrogen and oxygen atoms in total. The second-order valence-corrected chi connectivity index (χ2v) is 8.33. The molecule has 0 saturated carbocycles. The molecule has 1 atom stereocenters. The van der Waals surface area contributed by atoms with Crippen LogP contribution in [0, 0.1) is 0 Å². The van der Waals surface area contributed by atoms with Crippen LogP contribution in [0.15, 0.2) is 42.5 Å². The number of ether oxygens (including phenoxy) is 3. The van der Waals surface area contributed by atoms with E-state index in [2.05, 4.69) is 24.0 Å². The average Bonchev–Trinajstić information content (AvgIpc) is 3.40. The van der Waals surface area contributed by atoms with Crippen LogP contribution in [0.4, 0.5) is 0 Å². The van der Waals surface area contributed by atoms with E-state index in [1.165, 1.54) is 0 Å². The Morgan fingerprint density at radius 2 is 1.79 bits per heavy atom. The van der Waals surface area contributed by atoms with Crippen molar-refractivity contribution in [3.8, 4) is 28.5 Å². The van der Waals surface area contributed by atoms with Gasteiger partial charge in [0.25, 0.3) is 5.91 Å². The van der Waals surface area contributed by atoms with E-state index in [9.17, 15) is 4.79 Å². The molecule has 0 aliphatic carbocycles. The number of H-pyrrole nitrogens is 1. The highest BCUT2D eigenvalue weighted by molar-refractivity contribution is 6.00. The maximum atomic E-state index is 13.3. The SMILES string of the molecule is CCCCOc1ccc(C2c3c(-c4ccc(OC)cc4)n[nH]c3C(=O)N2CCC)cc1OCC. The molecular weight excluding hydrogens is 430 g/mol. The van der Waals surface area contributed by atoms with Crippen molar-refractivity contribution in [1.82, 2.24) is 15.1 Å². The number of rotatable bonds is 11. The van der Waals surface area contributed by atoms with E-state index in [1.807, 2.05) is 54.3 Å². The molecular formula is C27H33N3O4. The lowest BCUT2D eigenvalue weighted by Crippen LogP contribution is -2.30. The van der Waals surface area contributed by atoms with Gasteiger partial charge in [0.2, 0.25) is 0 Å². The molecule has 1 unspecified atom stereocenters. The number of methoxy groups -OCH3 is 1.